The average molecular weight is 208 g/mol. The lowest BCUT2D eigenvalue weighted by atomic mass is 10.5. The van der Waals surface area contributed by atoms with E-state index in [2.05, 4.69) is 0 Å². The molecule has 6 heteroatoms. The Labute approximate surface area is 72.1 Å². The van der Waals surface area contributed by atoms with Crippen LogP contribution >= 0.6 is 46.4 Å². The molecule has 0 bridgehead atoms. The molecule has 0 heterocycles. The van der Waals surface area contributed by atoms with Gasteiger partial charge in [-0.3, -0.25) is 10.8 Å². The molecule has 0 amide bonds. The number of nitrogens with one attached hydrogen (secondary N) is 2. The fraction of sp³-hybridized carbons (Fsp3) is 0.333. The number of halogens is 4. The quantitative estimate of drug-likeness (QED) is 0.517. The van der Waals surface area contributed by atoms with Gasteiger partial charge in [0.05, 0.1) is 0 Å². The molecule has 0 rings (SSSR count). The Bertz CT molecular complexity index is 136. The summed E-state index contributed by atoms with van der Waals surface area (Å²) in [6.45, 7) is 0. The second-order valence-electron chi connectivity index (χ2n) is 1.20. The van der Waals surface area contributed by atoms with Gasteiger partial charge in [-0.2, -0.15) is 0 Å². The molecule has 0 atom stereocenters. The zero-order chi connectivity index (χ0) is 7.65. The maximum Gasteiger partial charge on any atom is 0.221 e. The van der Waals surface area contributed by atoms with Crippen molar-refractivity contribution in [3.05, 3.63) is 0 Å². The highest BCUT2D eigenvalue weighted by molar-refractivity contribution is 6.92. The van der Waals surface area contributed by atoms with Crippen LogP contribution < -0.4 is 0 Å². The molecule has 0 unspecified atom stereocenters. The van der Waals surface area contributed by atoms with Gasteiger partial charge in [-0.05, 0) is 0 Å². The van der Waals surface area contributed by atoms with Gasteiger partial charge < -0.3 is 0 Å². The van der Waals surface area contributed by atoms with Crippen molar-refractivity contribution in [2.75, 3.05) is 0 Å². The zero-order valence-corrected chi connectivity index (χ0v) is 7.04. The Hall–Kier alpha value is 0.500. The first-order valence-corrected chi connectivity index (χ1v) is 3.27. The van der Waals surface area contributed by atoms with Crippen LogP contribution in [0.5, 0.6) is 0 Å². The van der Waals surface area contributed by atoms with Gasteiger partial charge in [-0.15, -0.1) is 0 Å². The molecule has 0 aliphatic heterocycles. The minimum absolute atomic E-state index is 0.578. The lowest BCUT2D eigenvalue weighted by molar-refractivity contribution is 1.36. The lowest BCUT2D eigenvalue weighted by Crippen LogP contribution is -2.27. The molecule has 0 spiro atoms. The summed E-state index contributed by atoms with van der Waals surface area (Å²) in [4.78, 5) is 0. The van der Waals surface area contributed by atoms with Crippen LogP contribution in [0, 0.1) is 10.8 Å². The molecule has 2 nitrogen and oxygen atoms in total. The van der Waals surface area contributed by atoms with Crippen LogP contribution in [0.4, 0.5) is 0 Å². The maximum atomic E-state index is 6.70. The summed E-state index contributed by atoms with van der Waals surface area (Å²) in [7, 11) is 0. The van der Waals surface area contributed by atoms with Crippen LogP contribution in [-0.4, -0.2) is 14.7 Å². The van der Waals surface area contributed by atoms with Gasteiger partial charge in [-0.1, -0.05) is 46.4 Å². The number of rotatable bonds is 2. The van der Waals surface area contributed by atoms with Crippen molar-refractivity contribution in [2.24, 2.45) is 0 Å². The van der Waals surface area contributed by atoms with E-state index in [1.54, 1.807) is 0 Å². The van der Waals surface area contributed by atoms with Gasteiger partial charge in [0.15, 0.2) is 0 Å². The summed E-state index contributed by atoms with van der Waals surface area (Å²) < 4.78 is -1.86. The number of alkyl halides is 2. The van der Waals surface area contributed by atoms with E-state index in [4.69, 9.17) is 57.2 Å². The first kappa shape index (κ1) is 9.50. The van der Waals surface area contributed by atoms with Crippen LogP contribution in [0.2, 0.25) is 0 Å². The van der Waals surface area contributed by atoms with E-state index in [1.807, 2.05) is 0 Å². The molecule has 0 fully saturated rings. The van der Waals surface area contributed by atoms with E-state index in [9.17, 15) is 0 Å². The molecule has 0 aliphatic rings. The Balaban J connectivity index is 4.38. The molecule has 0 aliphatic carbocycles. The van der Waals surface area contributed by atoms with Gasteiger partial charge in [0.2, 0.25) is 4.33 Å². The lowest BCUT2D eigenvalue weighted by Gasteiger charge is -2.11. The third-order valence-corrected chi connectivity index (χ3v) is 2.26. The van der Waals surface area contributed by atoms with E-state index in [0.29, 0.717) is 0 Å². The van der Waals surface area contributed by atoms with Crippen LogP contribution in [0.3, 0.4) is 0 Å². The zero-order valence-electron chi connectivity index (χ0n) is 4.01. The molecular weight excluding hydrogens is 206 g/mol. The van der Waals surface area contributed by atoms with E-state index >= 15 is 0 Å². The first-order chi connectivity index (χ1) is 3.89. The first-order valence-electron chi connectivity index (χ1n) is 1.76. The van der Waals surface area contributed by atoms with Gasteiger partial charge in [0.1, 0.15) is 10.3 Å². The van der Waals surface area contributed by atoms with Crippen LogP contribution in [0.25, 0.3) is 0 Å². The molecule has 52 valence electrons. The molecule has 0 saturated carbocycles. The maximum absolute atomic E-state index is 6.70. The predicted molar refractivity (Wildman–Crippen MR) is 41.6 cm³/mol. The highest BCUT2D eigenvalue weighted by atomic mass is 35.5. The summed E-state index contributed by atoms with van der Waals surface area (Å²) in [6.07, 6.45) is 0. The van der Waals surface area contributed by atoms with E-state index in [-0.39, 0.29) is 0 Å². The second kappa shape index (κ2) is 3.06. The monoisotopic (exact) mass is 206 g/mol. The van der Waals surface area contributed by atoms with Gasteiger partial charge in [0, 0.05) is 0 Å². The van der Waals surface area contributed by atoms with Gasteiger partial charge in [-0.25, -0.2) is 0 Å². The third-order valence-electron chi connectivity index (χ3n) is 0.551. The van der Waals surface area contributed by atoms with Crippen LogP contribution in [0.1, 0.15) is 0 Å². The summed E-state index contributed by atoms with van der Waals surface area (Å²) in [5.41, 5.74) is 0. The normalized spacial score (nSPS) is 11.1. The second-order valence-corrected chi connectivity index (χ2v) is 3.29. The SMILES string of the molecule is N=C(Cl)C(Cl)(Cl)C(=N)Cl. The fourth-order valence-electron chi connectivity index (χ4n) is 0.0964. The minimum Gasteiger partial charge on any atom is -0.290 e. The molecule has 0 saturated heterocycles. The van der Waals surface area contributed by atoms with Gasteiger partial charge >= 0.3 is 0 Å². The highest BCUT2D eigenvalue weighted by Crippen LogP contribution is 2.27. The Morgan fingerprint density at radius 2 is 1.22 bits per heavy atom. The molecule has 2 N–H and O–H groups in total. The molecular formula is C3H2Cl4N2. The van der Waals surface area contributed by atoms with Crippen LogP contribution in [-0.2, 0) is 0 Å². The van der Waals surface area contributed by atoms with Crippen molar-refractivity contribution in [1.82, 2.24) is 0 Å². The average Bonchev–Trinajstić information content (AvgIpc) is 1.65. The fourth-order valence-corrected chi connectivity index (χ4v) is 0.334. The minimum atomic E-state index is -1.86. The van der Waals surface area contributed by atoms with Crippen molar-refractivity contribution in [3.63, 3.8) is 0 Å². The number of hydrogen-bond acceptors (Lipinski definition) is 2. The topological polar surface area (TPSA) is 47.7 Å². The van der Waals surface area contributed by atoms with E-state index < -0.39 is 14.7 Å². The summed E-state index contributed by atoms with van der Waals surface area (Å²) in [5.74, 6) is 0. The Morgan fingerprint density at radius 1 is 1.00 bits per heavy atom. The van der Waals surface area contributed by atoms with E-state index in [0.717, 1.165) is 0 Å². The molecule has 0 radical (unpaired) electrons. The van der Waals surface area contributed by atoms with Crippen molar-refractivity contribution >= 4 is 56.7 Å². The molecule has 9 heavy (non-hydrogen) atoms. The van der Waals surface area contributed by atoms with Crippen LogP contribution in [0.15, 0.2) is 0 Å². The Kier molecular flexibility index (Phi) is 3.23. The number of hydrogen-bond donors (Lipinski definition) is 2. The van der Waals surface area contributed by atoms with E-state index in [1.165, 1.54) is 0 Å². The molecule has 0 aromatic carbocycles. The van der Waals surface area contributed by atoms with Crippen molar-refractivity contribution < 1.29 is 0 Å². The summed E-state index contributed by atoms with van der Waals surface area (Å²) in [6, 6.07) is 0. The Morgan fingerprint density at radius 3 is 1.22 bits per heavy atom. The summed E-state index contributed by atoms with van der Waals surface area (Å²) in [5, 5.41) is 12.3. The third kappa shape index (κ3) is 2.30. The highest BCUT2D eigenvalue weighted by Gasteiger charge is 2.33. The molecule has 0 aromatic rings. The van der Waals surface area contributed by atoms with Gasteiger partial charge in [0.25, 0.3) is 0 Å². The molecule has 0 aromatic heterocycles. The van der Waals surface area contributed by atoms with Crippen molar-refractivity contribution in [1.29, 1.82) is 10.8 Å². The predicted octanol–water partition coefficient (Wildman–Crippen LogP) is 2.59. The van der Waals surface area contributed by atoms with Crippen molar-refractivity contribution in [2.45, 2.75) is 4.33 Å². The summed E-state index contributed by atoms with van der Waals surface area (Å²) >= 11 is 20.6. The van der Waals surface area contributed by atoms with Crippen molar-refractivity contribution in [3.8, 4) is 0 Å². The standard InChI is InChI=1S/C3H2Cl4N2/c4-1(8)3(6,7)2(5)9/h8-9H. The largest absolute Gasteiger partial charge is 0.290 e. The smallest absolute Gasteiger partial charge is 0.221 e.